The molecule has 0 amide bonds. The van der Waals surface area contributed by atoms with E-state index in [1.165, 1.54) is 0 Å². The summed E-state index contributed by atoms with van der Waals surface area (Å²) in [6.45, 7) is 0.512. The molecule has 0 unspecified atom stereocenters. The van der Waals surface area contributed by atoms with Crippen molar-refractivity contribution in [3.05, 3.63) is 90.0 Å². The summed E-state index contributed by atoms with van der Waals surface area (Å²) in [5.41, 5.74) is 4.10. The van der Waals surface area contributed by atoms with Crippen LogP contribution in [0.4, 0.5) is 0 Å². The molecule has 0 spiro atoms. The molecule has 4 aromatic rings. The molecule has 0 bridgehead atoms. The van der Waals surface area contributed by atoms with E-state index in [4.69, 9.17) is 16.6 Å². The Kier molecular flexibility index (Phi) is 4.84. The predicted octanol–water partition coefficient (Wildman–Crippen LogP) is 6.04. The number of phenols is 1. The van der Waals surface area contributed by atoms with Crippen molar-refractivity contribution in [3.8, 4) is 17.1 Å². The molecule has 0 radical (unpaired) electrons. The summed E-state index contributed by atoms with van der Waals surface area (Å²) in [6, 6.07) is 25.5. The van der Waals surface area contributed by atoms with Crippen LogP contribution in [0.15, 0.2) is 88.3 Å². The molecule has 0 aliphatic carbocycles. The molecule has 3 nitrogen and oxygen atoms in total. The number of phenolic OH excluding ortho intramolecular Hbond substituents is 1. The minimum atomic E-state index is 0.0470. The molecule has 0 saturated heterocycles. The Morgan fingerprint density at radius 2 is 1.59 bits per heavy atom. The molecular weight excluding hydrogens is 354 g/mol. The summed E-state index contributed by atoms with van der Waals surface area (Å²) in [5, 5.41) is 13.1. The number of aliphatic imine (C=N–C) groups is 1. The minimum absolute atomic E-state index is 0.0470. The molecule has 1 heterocycles. The van der Waals surface area contributed by atoms with Crippen molar-refractivity contribution < 1.29 is 9.52 Å². The second-order valence-corrected chi connectivity index (χ2v) is 6.53. The fourth-order valence-electron chi connectivity index (χ4n) is 3.24. The summed E-state index contributed by atoms with van der Waals surface area (Å²) in [5.74, 6) is 1.14. The van der Waals surface area contributed by atoms with Gasteiger partial charge in [0, 0.05) is 16.9 Å². The Bertz CT molecular complexity index is 1070. The zero-order valence-electron chi connectivity index (χ0n) is 14.5. The van der Waals surface area contributed by atoms with E-state index in [1.807, 2.05) is 36.4 Å². The number of fused-ring (bicyclic) bond motifs is 1. The van der Waals surface area contributed by atoms with Gasteiger partial charge in [0.05, 0.1) is 11.7 Å². The Labute approximate surface area is 162 Å². The van der Waals surface area contributed by atoms with Crippen LogP contribution in [0.1, 0.15) is 17.0 Å². The number of aromatic hydroxyl groups is 1. The van der Waals surface area contributed by atoms with E-state index in [-0.39, 0.29) is 11.7 Å². The molecular formula is C23H17NO2S. The molecule has 27 heavy (non-hydrogen) atoms. The van der Waals surface area contributed by atoms with Crippen LogP contribution in [0, 0.1) is 0 Å². The van der Waals surface area contributed by atoms with Gasteiger partial charge in [-0.15, -0.1) is 0 Å². The number of rotatable bonds is 5. The van der Waals surface area contributed by atoms with Crippen LogP contribution in [0.25, 0.3) is 22.3 Å². The third-order valence-electron chi connectivity index (χ3n) is 4.66. The van der Waals surface area contributed by atoms with Crippen molar-refractivity contribution in [2.75, 3.05) is 6.54 Å². The van der Waals surface area contributed by atoms with E-state index in [1.54, 1.807) is 12.1 Å². The molecule has 0 aliphatic rings. The third kappa shape index (κ3) is 3.68. The van der Waals surface area contributed by atoms with Crippen LogP contribution in [-0.4, -0.2) is 16.8 Å². The van der Waals surface area contributed by atoms with Crippen LogP contribution < -0.4 is 0 Å². The van der Waals surface area contributed by atoms with Crippen LogP contribution >= 0.6 is 12.2 Å². The number of thiocarbonyl (C=S) groups is 1. The molecule has 0 aliphatic heterocycles. The Balaban J connectivity index is 1.67. The highest BCUT2D eigenvalue weighted by Gasteiger charge is 2.15. The number of benzene rings is 3. The van der Waals surface area contributed by atoms with Gasteiger partial charge in [0.2, 0.25) is 0 Å². The summed E-state index contributed by atoms with van der Waals surface area (Å²) >= 11 is 4.74. The van der Waals surface area contributed by atoms with Crippen molar-refractivity contribution in [2.24, 2.45) is 4.99 Å². The average Bonchev–Trinajstić information content (AvgIpc) is 3.14. The minimum Gasteiger partial charge on any atom is -0.508 e. The highest BCUT2D eigenvalue weighted by molar-refractivity contribution is 7.78. The van der Waals surface area contributed by atoms with Gasteiger partial charge in [-0.2, -0.15) is 0 Å². The van der Waals surface area contributed by atoms with Crippen molar-refractivity contribution in [1.29, 1.82) is 0 Å². The molecule has 4 heteroatoms. The maximum absolute atomic E-state index is 9.54. The molecule has 0 saturated carbocycles. The molecule has 132 valence electrons. The molecule has 1 aromatic heterocycles. The summed E-state index contributed by atoms with van der Waals surface area (Å²) in [7, 11) is 0. The second-order valence-electron chi connectivity index (χ2n) is 6.35. The number of hydrogen-bond acceptors (Lipinski definition) is 4. The van der Waals surface area contributed by atoms with Crippen molar-refractivity contribution in [1.82, 2.24) is 0 Å². The fourth-order valence-corrected chi connectivity index (χ4v) is 3.32. The first-order valence-corrected chi connectivity index (χ1v) is 9.07. The SMILES string of the molecule is Oc1ccc([C@@H](CN=C=S)c2ccc(-c3cc4ccccc4o3)cc2)cc1. The molecule has 4 rings (SSSR count). The normalized spacial score (nSPS) is 11.9. The van der Waals surface area contributed by atoms with Gasteiger partial charge in [0.25, 0.3) is 0 Å². The lowest BCUT2D eigenvalue weighted by atomic mass is 9.90. The van der Waals surface area contributed by atoms with Gasteiger partial charge in [-0.1, -0.05) is 54.6 Å². The number of para-hydroxylation sites is 1. The highest BCUT2D eigenvalue weighted by Crippen LogP contribution is 2.31. The van der Waals surface area contributed by atoms with Crippen molar-refractivity contribution in [2.45, 2.75) is 5.92 Å². The van der Waals surface area contributed by atoms with E-state index in [0.29, 0.717) is 6.54 Å². The average molecular weight is 371 g/mol. The maximum Gasteiger partial charge on any atom is 0.135 e. The standard InChI is InChI=1S/C23H17NO2S/c25-20-11-9-17(10-12-20)21(14-24-15-27)16-5-7-18(8-6-16)23-13-19-3-1-2-4-22(19)26-23/h1-13,21,25H,14H2/t21-/m0/s1. The lowest BCUT2D eigenvalue weighted by Gasteiger charge is -2.16. The van der Waals surface area contributed by atoms with Gasteiger partial charge in [0.15, 0.2) is 0 Å². The second kappa shape index (κ2) is 7.58. The van der Waals surface area contributed by atoms with Crippen LogP contribution in [0.3, 0.4) is 0 Å². The van der Waals surface area contributed by atoms with Crippen molar-refractivity contribution in [3.63, 3.8) is 0 Å². The van der Waals surface area contributed by atoms with Crippen LogP contribution in [-0.2, 0) is 0 Å². The smallest absolute Gasteiger partial charge is 0.135 e. The third-order valence-corrected chi connectivity index (χ3v) is 4.79. The fraction of sp³-hybridized carbons (Fsp3) is 0.0870. The first-order valence-electron chi connectivity index (χ1n) is 8.66. The number of nitrogens with zero attached hydrogens (tertiary/aromatic N) is 1. The van der Waals surface area contributed by atoms with E-state index < -0.39 is 0 Å². The first-order chi connectivity index (χ1) is 13.2. The zero-order valence-corrected chi connectivity index (χ0v) is 15.3. The largest absolute Gasteiger partial charge is 0.508 e. The highest BCUT2D eigenvalue weighted by atomic mass is 32.1. The van der Waals surface area contributed by atoms with Gasteiger partial charge in [-0.25, -0.2) is 4.99 Å². The van der Waals surface area contributed by atoms with Gasteiger partial charge < -0.3 is 9.52 Å². The Hall–Kier alpha value is -3.20. The molecule has 1 atom stereocenters. The van der Waals surface area contributed by atoms with E-state index >= 15 is 0 Å². The summed E-state index contributed by atoms with van der Waals surface area (Å²) in [4.78, 5) is 4.14. The molecule has 1 N–H and O–H groups in total. The Morgan fingerprint density at radius 3 is 2.26 bits per heavy atom. The predicted molar refractivity (Wildman–Crippen MR) is 111 cm³/mol. The van der Waals surface area contributed by atoms with Crippen molar-refractivity contribution >= 4 is 28.3 Å². The topological polar surface area (TPSA) is 45.7 Å². The first kappa shape index (κ1) is 17.2. The quantitative estimate of drug-likeness (QED) is 0.344. The number of furan rings is 1. The molecule has 0 fully saturated rings. The Morgan fingerprint density at radius 1 is 0.926 bits per heavy atom. The number of hydrogen-bond donors (Lipinski definition) is 1. The lowest BCUT2D eigenvalue weighted by Crippen LogP contribution is -2.04. The monoisotopic (exact) mass is 371 g/mol. The van der Waals surface area contributed by atoms with E-state index in [9.17, 15) is 5.11 Å². The van der Waals surface area contributed by atoms with E-state index in [0.717, 1.165) is 33.4 Å². The summed E-state index contributed by atoms with van der Waals surface area (Å²) < 4.78 is 5.95. The van der Waals surface area contributed by atoms with Gasteiger partial charge >= 0.3 is 0 Å². The van der Waals surface area contributed by atoms with Crippen LogP contribution in [0.5, 0.6) is 5.75 Å². The van der Waals surface area contributed by atoms with Gasteiger partial charge in [0.1, 0.15) is 17.1 Å². The van der Waals surface area contributed by atoms with Gasteiger partial charge in [-0.05, 0) is 47.6 Å². The van der Waals surface area contributed by atoms with Crippen LogP contribution in [0.2, 0.25) is 0 Å². The zero-order chi connectivity index (χ0) is 18.6. The number of isothiocyanates is 1. The lowest BCUT2D eigenvalue weighted by molar-refractivity contribution is 0.475. The molecule has 3 aromatic carbocycles. The van der Waals surface area contributed by atoms with Gasteiger partial charge in [-0.3, -0.25) is 0 Å². The summed E-state index contributed by atoms with van der Waals surface area (Å²) in [6.07, 6.45) is 0. The maximum atomic E-state index is 9.54. The van der Waals surface area contributed by atoms with E-state index in [2.05, 4.69) is 40.5 Å².